The molecule has 1 aliphatic heterocycles. The van der Waals surface area contributed by atoms with E-state index in [4.69, 9.17) is 0 Å². The second-order valence-corrected chi connectivity index (χ2v) is 7.17. The zero-order valence-electron chi connectivity index (χ0n) is 10.8. The van der Waals surface area contributed by atoms with E-state index in [1.807, 2.05) is 6.20 Å². The number of anilines is 1. The van der Waals surface area contributed by atoms with Gasteiger partial charge in [0.1, 0.15) is 9.84 Å². The molecule has 18 heavy (non-hydrogen) atoms. The van der Waals surface area contributed by atoms with Gasteiger partial charge in [-0.05, 0) is 19.3 Å². The lowest BCUT2D eigenvalue weighted by atomic mass is 10.2. The molecule has 0 bridgehead atoms. The number of aromatic nitrogens is 2. The summed E-state index contributed by atoms with van der Waals surface area (Å²) >= 11 is 0. The maximum atomic E-state index is 11.4. The summed E-state index contributed by atoms with van der Waals surface area (Å²) in [6.45, 7) is 3.12. The van der Waals surface area contributed by atoms with Gasteiger partial charge >= 0.3 is 0 Å². The van der Waals surface area contributed by atoms with Gasteiger partial charge in [-0.2, -0.15) is 0 Å². The molecule has 0 amide bonds. The second-order valence-electron chi connectivity index (χ2n) is 4.87. The topological polar surface area (TPSA) is 64.0 Å². The Hall–Kier alpha value is -1.04. The molecule has 1 aromatic heterocycles. The van der Waals surface area contributed by atoms with Crippen molar-refractivity contribution in [3.05, 3.63) is 12.4 Å². The van der Waals surface area contributed by atoms with Crippen molar-refractivity contribution in [1.82, 2.24) is 9.55 Å². The van der Waals surface area contributed by atoms with Crippen LogP contribution in [0.2, 0.25) is 0 Å². The Morgan fingerprint density at radius 2 is 2.17 bits per heavy atom. The van der Waals surface area contributed by atoms with Gasteiger partial charge < -0.3 is 9.88 Å². The molecule has 0 atom stereocenters. The lowest BCUT2D eigenvalue weighted by Gasteiger charge is -2.23. The van der Waals surface area contributed by atoms with E-state index in [9.17, 15) is 8.42 Å². The zero-order chi connectivity index (χ0) is 13.0. The maximum absolute atomic E-state index is 11.4. The summed E-state index contributed by atoms with van der Waals surface area (Å²) in [5, 5.41) is 3.36. The molecule has 0 saturated carbocycles. The molecule has 0 spiro atoms. The first-order valence-corrected chi connectivity index (χ1v) is 8.41. The van der Waals surface area contributed by atoms with Crippen LogP contribution in [0.25, 0.3) is 0 Å². The molecule has 1 aliphatic rings. The van der Waals surface area contributed by atoms with Crippen molar-refractivity contribution >= 4 is 15.8 Å². The van der Waals surface area contributed by atoms with Gasteiger partial charge in [0.2, 0.25) is 5.95 Å². The molecule has 0 aromatic carbocycles. The monoisotopic (exact) mass is 271 g/mol. The van der Waals surface area contributed by atoms with Crippen LogP contribution < -0.4 is 5.32 Å². The lowest BCUT2D eigenvalue weighted by Crippen LogP contribution is -2.33. The summed E-state index contributed by atoms with van der Waals surface area (Å²) in [7, 11) is -2.79. The van der Waals surface area contributed by atoms with E-state index >= 15 is 0 Å². The van der Waals surface area contributed by atoms with Crippen LogP contribution in [0.1, 0.15) is 32.6 Å². The first kappa shape index (κ1) is 13.4. The molecule has 2 heterocycles. The third-order valence-electron chi connectivity index (χ3n) is 3.36. The van der Waals surface area contributed by atoms with Crippen LogP contribution in [0.5, 0.6) is 0 Å². The van der Waals surface area contributed by atoms with Crippen LogP contribution in [0.15, 0.2) is 12.4 Å². The number of aryl methyl sites for hydroxylation is 1. The van der Waals surface area contributed by atoms with Crippen LogP contribution in [-0.2, 0) is 16.4 Å². The van der Waals surface area contributed by atoms with Gasteiger partial charge in [-0.1, -0.05) is 13.3 Å². The summed E-state index contributed by atoms with van der Waals surface area (Å²) in [5.41, 5.74) is 0. The predicted octanol–water partition coefficient (Wildman–Crippen LogP) is 1.67. The highest BCUT2D eigenvalue weighted by atomic mass is 32.2. The number of hydrogen-bond acceptors (Lipinski definition) is 4. The van der Waals surface area contributed by atoms with Crippen LogP contribution >= 0.6 is 0 Å². The summed E-state index contributed by atoms with van der Waals surface area (Å²) in [6.07, 6.45) is 7.41. The molecule has 5 nitrogen and oxygen atoms in total. The standard InChI is InChI=1S/C12H21N3O2S/c1-2-3-7-15-8-6-13-12(15)14-11-4-9-18(16,17)10-5-11/h6,8,11H,2-5,7,9-10H2,1H3,(H,13,14). The largest absolute Gasteiger partial charge is 0.353 e. The van der Waals surface area contributed by atoms with Gasteiger partial charge in [-0.25, -0.2) is 13.4 Å². The minimum atomic E-state index is -2.79. The average Bonchev–Trinajstić information content (AvgIpc) is 2.77. The molecule has 0 aliphatic carbocycles. The zero-order valence-corrected chi connectivity index (χ0v) is 11.6. The Labute approximate surface area is 109 Å². The van der Waals surface area contributed by atoms with Gasteiger partial charge in [-0.3, -0.25) is 0 Å². The first-order valence-electron chi connectivity index (χ1n) is 6.59. The quantitative estimate of drug-likeness (QED) is 0.885. The normalized spacial score (nSPS) is 19.8. The second kappa shape index (κ2) is 5.73. The number of imidazole rings is 1. The third-order valence-corrected chi connectivity index (χ3v) is 5.07. The lowest BCUT2D eigenvalue weighted by molar-refractivity contribution is 0.554. The predicted molar refractivity (Wildman–Crippen MR) is 72.4 cm³/mol. The Kier molecular flexibility index (Phi) is 4.27. The van der Waals surface area contributed by atoms with Gasteiger partial charge in [0.05, 0.1) is 11.5 Å². The highest BCUT2D eigenvalue weighted by molar-refractivity contribution is 7.91. The summed E-state index contributed by atoms with van der Waals surface area (Å²) in [6, 6.07) is 0.233. The van der Waals surface area contributed by atoms with E-state index in [0.29, 0.717) is 24.3 Å². The molecule has 1 fully saturated rings. The fraction of sp³-hybridized carbons (Fsp3) is 0.750. The van der Waals surface area contributed by atoms with Crippen molar-refractivity contribution in [2.24, 2.45) is 0 Å². The first-order chi connectivity index (χ1) is 8.61. The maximum Gasteiger partial charge on any atom is 0.202 e. The number of hydrogen-bond donors (Lipinski definition) is 1. The molecular formula is C12H21N3O2S. The Morgan fingerprint density at radius 3 is 2.83 bits per heavy atom. The third kappa shape index (κ3) is 3.48. The van der Waals surface area contributed by atoms with Crippen molar-refractivity contribution in [2.45, 2.75) is 45.2 Å². The minimum absolute atomic E-state index is 0.233. The molecule has 102 valence electrons. The van der Waals surface area contributed by atoms with E-state index in [0.717, 1.165) is 25.3 Å². The van der Waals surface area contributed by atoms with E-state index in [2.05, 4.69) is 21.8 Å². The molecule has 1 N–H and O–H groups in total. The summed E-state index contributed by atoms with van der Waals surface area (Å²) < 4.78 is 24.8. The van der Waals surface area contributed by atoms with E-state index in [-0.39, 0.29) is 6.04 Å². The fourth-order valence-electron chi connectivity index (χ4n) is 2.18. The van der Waals surface area contributed by atoms with Crippen molar-refractivity contribution < 1.29 is 8.42 Å². The number of nitrogens with one attached hydrogen (secondary N) is 1. The van der Waals surface area contributed by atoms with Crippen molar-refractivity contribution in [3.63, 3.8) is 0 Å². The van der Waals surface area contributed by atoms with Crippen LogP contribution in [0.4, 0.5) is 5.95 Å². The summed E-state index contributed by atoms with van der Waals surface area (Å²) in [5.74, 6) is 1.45. The van der Waals surface area contributed by atoms with Gasteiger partial charge in [0.25, 0.3) is 0 Å². The van der Waals surface area contributed by atoms with Crippen LogP contribution in [-0.4, -0.2) is 35.5 Å². The molecule has 0 unspecified atom stereocenters. The Bertz CT molecular complexity index is 467. The van der Waals surface area contributed by atoms with Crippen LogP contribution in [0.3, 0.4) is 0 Å². The SMILES string of the molecule is CCCCn1ccnc1NC1CCS(=O)(=O)CC1. The Morgan fingerprint density at radius 1 is 1.44 bits per heavy atom. The molecule has 0 radical (unpaired) electrons. The molecule has 2 rings (SSSR count). The van der Waals surface area contributed by atoms with E-state index in [1.165, 1.54) is 0 Å². The average molecular weight is 271 g/mol. The molecule has 6 heteroatoms. The number of rotatable bonds is 5. The van der Waals surface area contributed by atoms with Gasteiger partial charge in [0.15, 0.2) is 0 Å². The Balaban J connectivity index is 1.92. The highest BCUT2D eigenvalue weighted by Crippen LogP contribution is 2.17. The van der Waals surface area contributed by atoms with Crippen molar-refractivity contribution in [3.8, 4) is 0 Å². The van der Waals surface area contributed by atoms with E-state index in [1.54, 1.807) is 6.20 Å². The van der Waals surface area contributed by atoms with Crippen LogP contribution in [0, 0.1) is 0 Å². The molecule has 1 aromatic rings. The highest BCUT2D eigenvalue weighted by Gasteiger charge is 2.24. The minimum Gasteiger partial charge on any atom is -0.353 e. The van der Waals surface area contributed by atoms with Gasteiger partial charge in [-0.15, -0.1) is 0 Å². The van der Waals surface area contributed by atoms with Gasteiger partial charge in [0, 0.05) is 25.0 Å². The smallest absolute Gasteiger partial charge is 0.202 e. The van der Waals surface area contributed by atoms with E-state index < -0.39 is 9.84 Å². The van der Waals surface area contributed by atoms with Crippen molar-refractivity contribution in [2.75, 3.05) is 16.8 Å². The molecular weight excluding hydrogens is 250 g/mol. The summed E-state index contributed by atoms with van der Waals surface area (Å²) in [4.78, 5) is 4.30. The van der Waals surface area contributed by atoms with Crippen molar-refractivity contribution in [1.29, 1.82) is 0 Å². The fourth-order valence-corrected chi connectivity index (χ4v) is 3.67. The number of nitrogens with zero attached hydrogens (tertiary/aromatic N) is 2. The number of unbranched alkanes of at least 4 members (excludes halogenated alkanes) is 1. The molecule has 1 saturated heterocycles. The number of sulfone groups is 1.